The lowest BCUT2D eigenvalue weighted by Crippen LogP contribution is -2.36. The maximum absolute atomic E-state index is 12.4. The van der Waals surface area contributed by atoms with Crippen molar-refractivity contribution in [2.45, 2.75) is 45.4 Å². The Kier molecular flexibility index (Phi) is 4.66. The van der Waals surface area contributed by atoms with Crippen molar-refractivity contribution in [3.63, 3.8) is 0 Å². The first-order valence-corrected chi connectivity index (χ1v) is 7.66. The van der Waals surface area contributed by atoms with Gasteiger partial charge in [0, 0.05) is 18.7 Å². The van der Waals surface area contributed by atoms with Gasteiger partial charge in [0.1, 0.15) is 0 Å². The van der Waals surface area contributed by atoms with E-state index < -0.39 is 0 Å². The Labute approximate surface area is 126 Å². The van der Waals surface area contributed by atoms with E-state index in [4.69, 9.17) is 0 Å². The van der Waals surface area contributed by atoms with Crippen LogP contribution < -0.4 is 10.6 Å². The summed E-state index contributed by atoms with van der Waals surface area (Å²) in [7, 11) is 0. The van der Waals surface area contributed by atoms with Gasteiger partial charge in [0.2, 0.25) is 11.8 Å². The van der Waals surface area contributed by atoms with Crippen LogP contribution in [0.3, 0.4) is 0 Å². The molecule has 114 valence electrons. The first-order chi connectivity index (χ1) is 9.98. The Morgan fingerprint density at radius 1 is 1.19 bits per heavy atom. The lowest BCUT2D eigenvalue weighted by atomic mass is 9.94. The largest absolute Gasteiger partial charge is 0.355 e. The van der Waals surface area contributed by atoms with E-state index >= 15 is 0 Å². The smallest absolute Gasteiger partial charge is 0.230 e. The van der Waals surface area contributed by atoms with Crippen molar-refractivity contribution in [2.75, 3.05) is 11.9 Å². The van der Waals surface area contributed by atoms with Crippen molar-refractivity contribution in [1.29, 1.82) is 0 Å². The Morgan fingerprint density at radius 2 is 1.81 bits per heavy atom. The van der Waals surface area contributed by atoms with Gasteiger partial charge in [-0.1, -0.05) is 32.9 Å². The fraction of sp³-hybridized carbons (Fsp3) is 0.529. The summed E-state index contributed by atoms with van der Waals surface area (Å²) in [5.74, 6) is 0.580. The predicted molar refractivity (Wildman–Crippen MR) is 84.1 cm³/mol. The molecule has 2 amide bonds. The quantitative estimate of drug-likeness (QED) is 0.845. The zero-order valence-corrected chi connectivity index (χ0v) is 13.0. The second-order valence-corrected chi connectivity index (χ2v) is 6.17. The summed E-state index contributed by atoms with van der Waals surface area (Å²) >= 11 is 0. The number of hydrogen-bond donors (Lipinski definition) is 2. The van der Waals surface area contributed by atoms with Gasteiger partial charge in [0.05, 0.1) is 5.41 Å². The number of carbonyl (C=O) groups excluding carboxylic acids is 2. The number of carbonyl (C=O) groups is 2. The molecular formula is C17H24N2O2. The van der Waals surface area contributed by atoms with E-state index in [1.54, 1.807) is 0 Å². The molecule has 1 aliphatic carbocycles. The number of hydrogen-bond acceptors (Lipinski definition) is 2. The molecule has 1 fully saturated rings. The Hall–Kier alpha value is -1.84. The molecule has 0 atom stereocenters. The van der Waals surface area contributed by atoms with Gasteiger partial charge < -0.3 is 10.6 Å². The Balaban J connectivity index is 2.04. The summed E-state index contributed by atoms with van der Waals surface area (Å²) in [5.41, 5.74) is 1.48. The van der Waals surface area contributed by atoms with Crippen LogP contribution in [0.4, 0.5) is 5.69 Å². The third kappa shape index (κ3) is 3.63. The summed E-state index contributed by atoms with van der Waals surface area (Å²) in [6, 6.07) is 7.65. The van der Waals surface area contributed by atoms with E-state index in [9.17, 15) is 9.59 Å². The number of benzene rings is 1. The van der Waals surface area contributed by atoms with Crippen LogP contribution in [0.5, 0.6) is 0 Å². The minimum atomic E-state index is -0.345. The first-order valence-electron chi connectivity index (χ1n) is 7.66. The highest BCUT2D eigenvalue weighted by atomic mass is 16.2. The SMILES string of the molecule is CCC(=O)Nc1ccc(C2(C(=O)NCC(C)C)CC2)cc1. The van der Waals surface area contributed by atoms with Crippen molar-refractivity contribution >= 4 is 17.5 Å². The van der Waals surface area contributed by atoms with Gasteiger partial charge in [0.25, 0.3) is 0 Å². The highest BCUT2D eigenvalue weighted by Gasteiger charge is 2.51. The average Bonchev–Trinajstić information content (AvgIpc) is 3.27. The van der Waals surface area contributed by atoms with Crippen LogP contribution in [-0.4, -0.2) is 18.4 Å². The highest BCUT2D eigenvalue weighted by Crippen LogP contribution is 2.48. The number of amides is 2. The van der Waals surface area contributed by atoms with Crippen molar-refractivity contribution in [3.05, 3.63) is 29.8 Å². The molecule has 4 nitrogen and oxygen atoms in total. The molecule has 0 saturated heterocycles. The zero-order chi connectivity index (χ0) is 15.5. The maximum Gasteiger partial charge on any atom is 0.230 e. The summed E-state index contributed by atoms with van der Waals surface area (Å²) in [5, 5.41) is 5.85. The van der Waals surface area contributed by atoms with Gasteiger partial charge in [-0.2, -0.15) is 0 Å². The Morgan fingerprint density at radius 3 is 2.29 bits per heavy atom. The van der Waals surface area contributed by atoms with Gasteiger partial charge in [0.15, 0.2) is 0 Å². The van der Waals surface area contributed by atoms with Crippen LogP contribution in [0.2, 0.25) is 0 Å². The van der Waals surface area contributed by atoms with Crippen LogP contribution in [0.1, 0.15) is 45.6 Å². The van der Waals surface area contributed by atoms with E-state index in [1.165, 1.54) is 0 Å². The third-order valence-electron chi connectivity index (χ3n) is 3.90. The normalized spacial score (nSPS) is 15.6. The highest BCUT2D eigenvalue weighted by molar-refractivity contribution is 5.92. The maximum atomic E-state index is 12.4. The molecule has 0 spiro atoms. The summed E-state index contributed by atoms with van der Waals surface area (Å²) in [6.45, 7) is 6.71. The number of rotatable bonds is 6. The van der Waals surface area contributed by atoms with Gasteiger partial charge in [-0.25, -0.2) is 0 Å². The van der Waals surface area contributed by atoms with Crippen LogP contribution in [-0.2, 0) is 15.0 Å². The molecule has 0 aromatic heterocycles. The van der Waals surface area contributed by atoms with Crippen LogP contribution in [0.25, 0.3) is 0 Å². The third-order valence-corrected chi connectivity index (χ3v) is 3.90. The standard InChI is InChI=1S/C17H24N2O2/c1-4-15(20)19-14-7-5-13(6-8-14)17(9-10-17)16(21)18-11-12(2)3/h5-8,12H,4,9-11H2,1-3H3,(H,18,21)(H,19,20). The lowest BCUT2D eigenvalue weighted by Gasteiger charge is -2.17. The molecule has 0 aliphatic heterocycles. The molecule has 21 heavy (non-hydrogen) atoms. The van der Waals surface area contributed by atoms with Gasteiger partial charge in [-0.3, -0.25) is 9.59 Å². The molecule has 1 aromatic carbocycles. The Bertz CT molecular complexity index is 516. The topological polar surface area (TPSA) is 58.2 Å². The second-order valence-electron chi connectivity index (χ2n) is 6.17. The number of anilines is 1. The van der Waals surface area contributed by atoms with Crippen molar-refractivity contribution < 1.29 is 9.59 Å². The number of nitrogens with one attached hydrogen (secondary N) is 2. The van der Waals surface area contributed by atoms with Crippen molar-refractivity contribution in [1.82, 2.24) is 5.32 Å². The molecule has 0 bridgehead atoms. The van der Waals surface area contributed by atoms with E-state index in [-0.39, 0.29) is 17.2 Å². The molecule has 4 heteroatoms. The minimum absolute atomic E-state index is 0.00133. The molecule has 2 N–H and O–H groups in total. The van der Waals surface area contributed by atoms with E-state index in [2.05, 4.69) is 24.5 Å². The van der Waals surface area contributed by atoms with Crippen LogP contribution >= 0.6 is 0 Å². The van der Waals surface area contributed by atoms with E-state index in [0.717, 1.165) is 24.1 Å². The van der Waals surface area contributed by atoms with E-state index in [1.807, 2.05) is 31.2 Å². The van der Waals surface area contributed by atoms with Gasteiger partial charge >= 0.3 is 0 Å². The summed E-state index contributed by atoms with van der Waals surface area (Å²) < 4.78 is 0. The van der Waals surface area contributed by atoms with Crippen molar-refractivity contribution in [2.24, 2.45) is 5.92 Å². The molecular weight excluding hydrogens is 264 g/mol. The monoisotopic (exact) mass is 288 g/mol. The zero-order valence-electron chi connectivity index (χ0n) is 13.0. The van der Waals surface area contributed by atoms with Crippen molar-refractivity contribution in [3.8, 4) is 0 Å². The predicted octanol–water partition coefficient (Wildman–Crippen LogP) is 2.84. The fourth-order valence-corrected chi connectivity index (χ4v) is 2.36. The molecule has 1 aliphatic rings. The second kappa shape index (κ2) is 6.29. The summed E-state index contributed by atoms with van der Waals surface area (Å²) in [4.78, 5) is 23.7. The lowest BCUT2D eigenvalue weighted by molar-refractivity contribution is -0.123. The minimum Gasteiger partial charge on any atom is -0.355 e. The van der Waals surface area contributed by atoms with Gasteiger partial charge in [-0.15, -0.1) is 0 Å². The summed E-state index contributed by atoms with van der Waals surface area (Å²) in [6.07, 6.45) is 2.26. The molecule has 0 radical (unpaired) electrons. The molecule has 2 rings (SSSR count). The fourth-order valence-electron chi connectivity index (χ4n) is 2.36. The molecule has 1 aromatic rings. The van der Waals surface area contributed by atoms with Crippen LogP contribution in [0, 0.1) is 5.92 Å². The van der Waals surface area contributed by atoms with Crippen LogP contribution in [0.15, 0.2) is 24.3 Å². The average molecular weight is 288 g/mol. The molecule has 0 unspecified atom stereocenters. The molecule has 0 heterocycles. The van der Waals surface area contributed by atoms with E-state index in [0.29, 0.717) is 18.9 Å². The van der Waals surface area contributed by atoms with Gasteiger partial charge in [-0.05, 0) is 36.5 Å². The first kappa shape index (κ1) is 15.5. The molecule has 1 saturated carbocycles.